The second-order valence-electron chi connectivity index (χ2n) is 6.85. The zero-order valence-corrected chi connectivity index (χ0v) is 15.5. The van der Waals surface area contributed by atoms with Crippen molar-refractivity contribution in [3.05, 3.63) is 35.6 Å². The van der Waals surface area contributed by atoms with Crippen molar-refractivity contribution in [1.82, 2.24) is 9.88 Å². The van der Waals surface area contributed by atoms with Gasteiger partial charge in [0.2, 0.25) is 0 Å². The summed E-state index contributed by atoms with van der Waals surface area (Å²) in [5.41, 5.74) is 0. The molecule has 1 aromatic heterocycles. The lowest BCUT2D eigenvalue weighted by molar-refractivity contribution is 0.221. The lowest BCUT2D eigenvalue weighted by Crippen LogP contribution is -2.35. The van der Waals surface area contributed by atoms with Gasteiger partial charge in [-0.25, -0.2) is 0 Å². The van der Waals surface area contributed by atoms with E-state index in [0.29, 0.717) is 5.25 Å². The predicted molar refractivity (Wildman–Crippen MR) is 102 cm³/mol. The van der Waals surface area contributed by atoms with Gasteiger partial charge in [-0.1, -0.05) is 25.4 Å². The largest absolute Gasteiger partial charge is 0.303 e. The van der Waals surface area contributed by atoms with Crippen LogP contribution in [0.3, 0.4) is 0 Å². The van der Waals surface area contributed by atoms with E-state index in [-0.39, 0.29) is 0 Å². The lowest BCUT2D eigenvalue weighted by atomic mass is 10.1. The van der Waals surface area contributed by atoms with E-state index in [1.807, 2.05) is 30.2 Å². The van der Waals surface area contributed by atoms with Crippen LogP contribution in [0, 0.1) is 5.92 Å². The molecule has 0 aliphatic carbocycles. The van der Waals surface area contributed by atoms with E-state index in [4.69, 9.17) is 11.6 Å². The van der Waals surface area contributed by atoms with E-state index in [2.05, 4.69) is 35.9 Å². The molecule has 0 radical (unpaired) electrons. The molecule has 4 heteroatoms. The fraction of sp³-hybridized carbons (Fsp3) is 0.526. The summed E-state index contributed by atoms with van der Waals surface area (Å²) in [4.78, 5) is 8.00. The Bertz CT molecular complexity index is 651. The van der Waals surface area contributed by atoms with Gasteiger partial charge in [-0.2, -0.15) is 0 Å². The van der Waals surface area contributed by atoms with Crippen LogP contribution in [0.4, 0.5) is 0 Å². The Kier molecular flexibility index (Phi) is 5.84. The topological polar surface area (TPSA) is 16.1 Å². The van der Waals surface area contributed by atoms with E-state index in [1.54, 1.807) is 0 Å². The Morgan fingerprint density at radius 3 is 2.78 bits per heavy atom. The number of aromatic nitrogens is 1. The Morgan fingerprint density at radius 1 is 1.26 bits per heavy atom. The van der Waals surface area contributed by atoms with Crippen LogP contribution in [0.2, 0.25) is 5.02 Å². The van der Waals surface area contributed by atoms with Gasteiger partial charge in [-0.3, -0.25) is 4.98 Å². The van der Waals surface area contributed by atoms with Gasteiger partial charge < -0.3 is 4.90 Å². The molecule has 0 spiro atoms. The molecule has 23 heavy (non-hydrogen) atoms. The van der Waals surface area contributed by atoms with Crippen molar-refractivity contribution in [2.45, 2.75) is 43.3 Å². The van der Waals surface area contributed by atoms with Gasteiger partial charge in [0.1, 0.15) is 0 Å². The number of pyridine rings is 1. The van der Waals surface area contributed by atoms with Gasteiger partial charge in [0.25, 0.3) is 0 Å². The summed E-state index contributed by atoms with van der Waals surface area (Å²) in [7, 11) is 0. The summed E-state index contributed by atoms with van der Waals surface area (Å²) in [6.07, 6.45) is 7.55. The van der Waals surface area contributed by atoms with E-state index >= 15 is 0 Å². The molecule has 1 aromatic carbocycles. The second kappa shape index (κ2) is 7.87. The number of thioether (sulfide) groups is 1. The van der Waals surface area contributed by atoms with Gasteiger partial charge in [-0.15, -0.1) is 11.8 Å². The summed E-state index contributed by atoms with van der Waals surface area (Å²) in [6, 6.07) is 6.32. The molecule has 0 atom stereocenters. The first kappa shape index (κ1) is 17.1. The number of nitrogens with zero attached hydrogens (tertiary/aromatic N) is 2. The number of halogens is 1. The maximum atomic E-state index is 6.48. The minimum atomic E-state index is 0.682. The molecule has 0 bridgehead atoms. The van der Waals surface area contributed by atoms with Crippen LogP contribution in [-0.2, 0) is 0 Å². The quantitative estimate of drug-likeness (QED) is 0.710. The molecular weight excluding hydrogens is 324 g/mol. The zero-order valence-electron chi connectivity index (χ0n) is 14.0. The van der Waals surface area contributed by atoms with Gasteiger partial charge in [0.15, 0.2) is 0 Å². The second-order valence-corrected chi connectivity index (χ2v) is 8.60. The summed E-state index contributed by atoms with van der Waals surface area (Å²) < 4.78 is 0. The molecule has 124 valence electrons. The van der Waals surface area contributed by atoms with Crippen molar-refractivity contribution in [1.29, 1.82) is 0 Å². The maximum Gasteiger partial charge on any atom is 0.0548 e. The van der Waals surface area contributed by atoms with Crippen molar-refractivity contribution < 1.29 is 0 Å². The molecule has 3 rings (SSSR count). The highest BCUT2D eigenvalue weighted by Crippen LogP contribution is 2.37. The van der Waals surface area contributed by atoms with Crippen LogP contribution in [0.15, 0.2) is 35.5 Å². The highest BCUT2D eigenvalue weighted by Gasteiger charge is 2.21. The smallest absolute Gasteiger partial charge is 0.0548 e. The lowest BCUT2D eigenvalue weighted by Gasteiger charge is -2.32. The first-order valence-electron chi connectivity index (χ1n) is 8.54. The number of hydrogen-bond donors (Lipinski definition) is 0. The molecule has 0 N–H and O–H groups in total. The highest BCUT2D eigenvalue weighted by molar-refractivity contribution is 8.00. The Balaban J connectivity index is 1.59. The van der Waals surface area contributed by atoms with Gasteiger partial charge >= 0.3 is 0 Å². The molecule has 1 aliphatic heterocycles. The molecule has 0 amide bonds. The Labute approximate surface area is 148 Å². The third kappa shape index (κ3) is 4.62. The molecule has 2 nitrogen and oxygen atoms in total. The molecule has 2 aromatic rings. The fourth-order valence-corrected chi connectivity index (χ4v) is 4.53. The van der Waals surface area contributed by atoms with Crippen LogP contribution in [0.5, 0.6) is 0 Å². The minimum absolute atomic E-state index is 0.682. The number of fused-ring (bicyclic) bond motifs is 1. The molecule has 0 unspecified atom stereocenters. The number of piperidine rings is 1. The number of likely N-dealkylation sites (tertiary alicyclic amines) is 1. The van der Waals surface area contributed by atoms with Crippen molar-refractivity contribution in [3.63, 3.8) is 0 Å². The summed E-state index contributed by atoms with van der Waals surface area (Å²) in [5, 5.41) is 3.88. The van der Waals surface area contributed by atoms with Crippen molar-refractivity contribution in [2.75, 3.05) is 19.6 Å². The summed E-state index contributed by atoms with van der Waals surface area (Å²) in [6.45, 7) is 8.30. The summed E-state index contributed by atoms with van der Waals surface area (Å²) in [5.74, 6) is 0.799. The average Bonchev–Trinajstić information content (AvgIpc) is 2.55. The van der Waals surface area contributed by atoms with E-state index in [9.17, 15) is 0 Å². The molecule has 1 aliphatic rings. The van der Waals surface area contributed by atoms with Gasteiger partial charge in [0.05, 0.1) is 5.02 Å². The monoisotopic (exact) mass is 348 g/mol. The van der Waals surface area contributed by atoms with Crippen LogP contribution in [-0.4, -0.2) is 34.8 Å². The van der Waals surface area contributed by atoms with Crippen LogP contribution >= 0.6 is 23.4 Å². The standard InChI is InChI=1S/C19H25ClN2S/c1-14(2)4-8-22-9-5-17(6-10-22)23-19-12-15-3-7-21-13-16(15)11-18(19)20/h3,7,11-14,17H,4-6,8-10H2,1-2H3. The molecule has 0 saturated carbocycles. The number of rotatable bonds is 5. The molecule has 1 saturated heterocycles. The van der Waals surface area contributed by atoms with E-state index < -0.39 is 0 Å². The normalized spacial score (nSPS) is 17.2. The zero-order chi connectivity index (χ0) is 16.2. The average molecular weight is 349 g/mol. The van der Waals surface area contributed by atoms with Gasteiger partial charge in [-0.05, 0) is 68.4 Å². The van der Waals surface area contributed by atoms with Crippen molar-refractivity contribution >= 4 is 34.1 Å². The maximum absolute atomic E-state index is 6.48. The molecular formula is C19H25ClN2S. The van der Waals surface area contributed by atoms with Crippen molar-refractivity contribution in [2.24, 2.45) is 5.92 Å². The van der Waals surface area contributed by atoms with E-state index in [1.165, 1.54) is 49.2 Å². The molecule has 1 fully saturated rings. The Hall–Kier alpha value is -0.770. The first-order valence-corrected chi connectivity index (χ1v) is 9.80. The number of benzene rings is 1. The highest BCUT2D eigenvalue weighted by atomic mass is 35.5. The predicted octanol–water partition coefficient (Wildman–Crippen LogP) is 5.49. The van der Waals surface area contributed by atoms with Crippen molar-refractivity contribution in [3.8, 4) is 0 Å². The third-order valence-corrected chi connectivity index (χ3v) is 6.36. The fourth-order valence-electron chi connectivity index (χ4n) is 3.05. The SMILES string of the molecule is CC(C)CCN1CCC(Sc2cc3ccncc3cc2Cl)CC1. The molecule has 2 heterocycles. The van der Waals surface area contributed by atoms with Gasteiger partial charge in [0, 0.05) is 27.9 Å². The Morgan fingerprint density at radius 2 is 2.04 bits per heavy atom. The minimum Gasteiger partial charge on any atom is -0.303 e. The van der Waals surface area contributed by atoms with E-state index in [0.717, 1.165) is 16.3 Å². The first-order chi connectivity index (χ1) is 11.1. The number of hydrogen-bond acceptors (Lipinski definition) is 3. The summed E-state index contributed by atoms with van der Waals surface area (Å²) >= 11 is 8.43. The third-order valence-electron chi connectivity index (χ3n) is 4.54. The van der Waals surface area contributed by atoms with Crippen LogP contribution < -0.4 is 0 Å². The van der Waals surface area contributed by atoms with Crippen LogP contribution in [0.25, 0.3) is 10.8 Å². The van der Waals surface area contributed by atoms with Crippen LogP contribution in [0.1, 0.15) is 33.1 Å².